The van der Waals surface area contributed by atoms with Crippen LogP contribution < -0.4 is 10.2 Å². The third-order valence-corrected chi connectivity index (χ3v) is 4.00. The highest BCUT2D eigenvalue weighted by atomic mass is 15.2. The molecule has 1 aromatic heterocycles. The third-order valence-electron chi connectivity index (χ3n) is 4.00. The predicted octanol–water partition coefficient (Wildman–Crippen LogP) is 2.99. The molecule has 0 aromatic carbocycles. The molecule has 1 fully saturated rings. The van der Waals surface area contributed by atoms with Crippen LogP contribution in [0.1, 0.15) is 44.7 Å². The van der Waals surface area contributed by atoms with Gasteiger partial charge in [0, 0.05) is 30.9 Å². The lowest BCUT2D eigenvalue weighted by Gasteiger charge is -2.23. The highest BCUT2D eigenvalue weighted by Crippen LogP contribution is 2.29. The second kappa shape index (κ2) is 6.19. The molecular weight excluding hydrogens is 222 g/mol. The van der Waals surface area contributed by atoms with Crippen LogP contribution in [0.5, 0.6) is 0 Å². The number of hydrogen-bond donors (Lipinski definition) is 1. The first-order chi connectivity index (χ1) is 8.76. The zero-order valence-corrected chi connectivity index (χ0v) is 11.8. The van der Waals surface area contributed by atoms with Crippen LogP contribution >= 0.6 is 0 Å². The molecule has 0 aliphatic carbocycles. The maximum absolute atomic E-state index is 4.61. The van der Waals surface area contributed by atoms with E-state index in [0.717, 1.165) is 12.5 Å². The highest BCUT2D eigenvalue weighted by molar-refractivity contribution is 5.49. The molecule has 3 heteroatoms. The average Bonchev–Trinajstić information content (AvgIpc) is 2.87. The van der Waals surface area contributed by atoms with Gasteiger partial charge in [0.2, 0.25) is 0 Å². The van der Waals surface area contributed by atoms with E-state index in [0.29, 0.717) is 6.04 Å². The maximum atomic E-state index is 4.61. The number of aromatic nitrogens is 1. The van der Waals surface area contributed by atoms with Gasteiger partial charge in [-0.15, -0.1) is 0 Å². The summed E-state index contributed by atoms with van der Waals surface area (Å²) in [5.41, 5.74) is 1.32. The van der Waals surface area contributed by atoms with Crippen LogP contribution in [0.15, 0.2) is 18.3 Å². The molecule has 0 bridgehead atoms. The van der Waals surface area contributed by atoms with Gasteiger partial charge in [0.15, 0.2) is 0 Å². The average molecular weight is 247 g/mol. The molecule has 3 nitrogen and oxygen atoms in total. The zero-order chi connectivity index (χ0) is 13.0. The fourth-order valence-corrected chi connectivity index (χ4v) is 2.84. The van der Waals surface area contributed by atoms with Crippen LogP contribution in [0.25, 0.3) is 0 Å². The lowest BCUT2D eigenvalue weighted by Crippen LogP contribution is -2.24. The molecule has 0 saturated carbocycles. The first kappa shape index (κ1) is 13.3. The number of nitrogens with zero attached hydrogens (tertiary/aromatic N) is 2. The Labute approximate surface area is 111 Å². The molecule has 1 N–H and O–H groups in total. The van der Waals surface area contributed by atoms with E-state index in [1.807, 2.05) is 19.3 Å². The summed E-state index contributed by atoms with van der Waals surface area (Å²) in [7, 11) is 2.01. The van der Waals surface area contributed by atoms with Gasteiger partial charge < -0.3 is 10.2 Å². The molecular formula is C15H25N3. The molecule has 1 saturated heterocycles. The van der Waals surface area contributed by atoms with Crippen molar-refractivity contribution >= 4 is 5.82 Å². The van der Waals surface area contributed by atoms with Crippen LogP contribution in [-0.4, -0.2) is 25.1 Å². The quantitative estimate of drug-likeness (QED) is 0.867. The van der Waals surface area contributed by atoms with Crippen molar-refractivity contribution in [1.82, 2.24) is 10.3 Å². The topological polar surface area (TPSA) is 28.2 Å². The minimum Gasteiger partial charge on any atom is -0.356 e. The SMILES string of the molecule is CCCC1CCN(c2ncccc2C(C)NC)C1. The second-order valence-corrected chi connectivity index (χ2v) is 5.32. The largest absolute Gasteiger partial charge is 0.356 e. The van der Waals surface area contributed by atoms with Crippen LogP contribution in [0.2, 0.25) is 0 Å². The van der Waals surface area contributed by atoms with E-state index in [9.17, 15) is 0 Å². The fourth-order valence-electron chi connectivity index (χ4n) is 2.84. The Hall–Kier alpha value is -1.09. The first-order valence-electron chi connectivity index (χ1n) is 7.13. The lowest BCUT2D eigenvalue weighted by atomic mass is 10.0. The van der Waals surface area contributed by atoms with Crippen molar-refractivity contribution in [1.29, 1.82) is 0 Å². The summed E-state index contributed by atoms with van der Waals surface area (Å²) in [4.78, 5) is 7.07. The van der Waals surface area contributed by atoms with Gasteiger partial charge in [-0.3, -0.25) is 0 Å². The van der Waals surface area contributed by atoms with Crippen molar-refractivity contribution in [2.75, 3.05) is 25.0 Å². The standard InChI is InChI=1S/C15H25N3/c1-4-6-13-8-10-18(11-13)15-14(12(2)16-3)7-5-9-17-15/h5,7,9,12-13,16H,4,6,8,10-11H2,1-3H3. The Morgan fingerprint density at radius 1 is 1.56 bits per heavy atom. The number of anilines is 1. The third kappa shape index (κ3) is 2.83. The Morgan fingerprint density at radius 3 is 3.11 bits per heavy atom. The molecule has 1 aliphatic heterocycles. The summed E-state index contributed by atoms with van der Waals surface area (Å²) in [5, 5.41) is 3.31. The normalized spacial score (nSPS) is 21.3. The molecule has 1 aromatic rings. The molecule has 2 atom stereocenters. The molecule has 1 aliphatic rings. The Kier molecular flexibility index (Phi) is 4.59. The van der Waals surface area contributed by atoms with Crippen LogP contribution in [0, 0.1) is 5.92 Å². The van der Waals surface area contributed by atoms with Crippen molar-refractivity contribution in [3.05, 3.63) is 23.9 Å². The van der Waals surface area contributed by atoms with Gasteiger partial charge in [-0.05, 0) is 38.8 Å². The van der Waals surface area contributed by atoms with Gasteiger partial charge in [0.05, 0.1) is 0 Å². The van der Waals surface area contributed by atoms with Crippen molar-refractivity contribution in [2.24, 2.45) is 5.92 Å². The summed E-state index contributed by atoms with van der Waals surface area (Å²) in [6, 6.07) is 4.59. The minimum absolute atomic E-state index is 0.360. The Morgan fingerprint density at radius 2 is 2.39 bits per heavy atom. The lowest BCUT2D eigenvalue weighted by molar-refractivity contribution is 0.529. The first-order valence-corrected chi connectivity index (χ1v) is 7.13. The fraction of sp³-hybridized carbons (Fsp3) is 0.667. The van der Waals surface area contributed by atoms with Crippen LogP contribution in [0.4, 0.5) is 5.82 Å². The van der Waals surface area contributed by atoms with Gasteiger partial charge in [-0.25, -0.2) is 4.98 Å². The van der Waals surface area contributed by atoms with Crippen molar-refractivity contribution in [3.63, 3.8) is 0 Å². The van der Waals surface area contributed by atoms with E-state index < -0.39 is 0 Å². The number of hydrogen-bond acceptors (Lipinski definition) is 3. The highest BCUT2D eigenvalue weighted by Gasteiger charge is 2.25. The smallest absolute Gasteiger partial charge is 0.133 e. The zero-order valence-electron chi connectivity index (χ0n) is 11.8. The summed E-state index contributed by atoms with van der Waals surface area (Å²) in [5.74, 6) is 2.03. The monoisotopic (exact) mass is 247 g/mol. The predicted molar refractivity (Wildman–Crippen MR) is 76.9 cm³/mol. The van der Waals surface area contributed by atoms with Gasteiger partial charge in [0.25, 0.3) is 0 Å². The Balaban J connectivity index is 2.14. The maximum Gasteiger partial charge on any atom is 0.133 e. The molecule has 18 heavy (non-hydrogen) atoms. The van der Waals surface area contributed by atoms with E-state index in [1.165, 1.54) is 37.2 Å². The number of pyridine rings is 1. The summed E-state index contributed by atoms with van der Waals surface area (Å²) < 4.78 is 0. The Bertz CT molecular complexity index is 378. The van der Waals surface area contributed by atoms with Crippen molar-refractivity contribution in [2.45, 2.75) is 39.2 Å². The molecule has 0 spiro atoms. The van der Waals surface area contributed by atoms with Crippen molar-refractivity contribution in [3.8, 4) is 0 Å². The van der Waals surface area contributed by atoms with Crippen LogP contribution in [-0.2, 0) is 0 Å². The van der Waals surface area contributed by atoms with Gasteiger partial charge in [0.1, 0.15) is 5.82 Å². The van der Waals surface area contributed by atoms with E-state index in [1.54, 1.807) is 0 Å². The molecule has 2 unspecified atom stereocenters. The van der Waals surface area contributed by atoms with Gasteiger partial charge in [-0.1, -0.05) is 19.4 Å². The summed E-state index contributed by atoms with van der Waals surface area (Å²) in [6.07, 6.45) is 5.87. The molecule has 100 valence electrons. The van der Waals surface area contributed by atoms with Crippen molar-refractivity contribution < 1.29 is 0 Å². The summed E-state index contributed by atoms with van der Waals surface area (Å²) in [6.45, 7) is 6.80. The molecule has 2 heterocycles. The van der Waals surface area contributed by atoms with E-state index in [-0.39, 0.29) is 0 Å². The van der Waals surface area contributed by atoms with Gasteiger partial charge in [-0.2, -0.15) is 0 Å². The van der Waals surface area contributed by atoms with E-state index in [2.05, 4.69) is 35.1 Å². The molecule has 0 radical (unpaired) electrons. The number of rotatable bonds is 5. The summed E-state index contributed by atoms with van der Waals surface area (Å²) >= 11 is 0. The van der Waals surface area contributed by atoms with E-state index in [4.69, 9.17) is 0 Å². The number of nitrogens with one attached hydrogen (secondary N) is 1. The molecule has 0 amide bonds. The van der Waals surface area contributed by atoms with Crippen LogP contribution in [0.3, 0.4) is 0 Å². The van der Waals surface area contributed by atoms with E-state index >= 15 is 0 Å². The van der Waals surface area contributed by atoms with Gasteiger partial charge >= 0.3 is 0 Å². The second-order valence-electron chi connectivity index (χ2n) is 5.32. The minimum atomic E-state index is 0.360. The molecule has 2 rings (SSSR count).